The normalized spacial score (nSPS) is 25.7. The van der Waals surface area contributed by atoms with Crippen molar-refractivity contribution in [2.24, 2.45) is 5.92 Å². The molecule has 1 saturated heterocycles. The summed E-state index contributed by atoms with van der Waals surface area (Å²) in [7, 11) is 8.62. The highest BCUT2D eigenvalue weighted by Crippen LogP contribution is 2.20. The van der Waals surface area contributed by atoms with E-state index in [2.05, 4.69) is 66.7 Å². The van der Waals surface area contributed by atoms with E-state index in [0.29, 0.717) is 12.1 Å². The van der Waals surface area contributed by atoms with E-state index in [9.17, 15) is 0 Å². The van der Waals surface area contributed by atoms with E-state index < -0.39 is 0 Å². The molecule has 0 amide bonds. The Balaban J connectivity index is 1.87. The third kappa shape index (κ3) is 5.18. The van der Waals surface area contributed by atoms with Crippen molar-refractivity contribution in [2.75, 3.05) is 54.4 Å². The smallest absolute Gasteiger partial charge is 0.0479 e. The summed E-state index contributed by atoms with van der Waals surface area (Å²) in [5.41, 5.74) is 1.44. The third-order valence-electron chi connectivity index (χ3n) is 5.65. The minimum Gasteiger partial charge on any atom is -0.377 e. The molecule has 2 rings (SSSR count). The maximum absolute atomic E-state index is 3.53. The van der Waals surface area contributed by atoms with E-state index in [4.69, 9.17) is 0 Å². The molecule has 5 nitrogen and oxygen atoms in total. The zero-order valence-electron chi connectivity index (χ0n) is 15.8. The Kier molecular flexibility index (Phi) is 7.34. The van der Waals surface area contributed by atoms with Crippen molar-refractivity contribution in [3.8, 4) is 0 Å². The molecular formula is C18H37N5. The minimum absolute atomic E-state index is 0.433. The third-order valence-corrected chi connectivity index (χ3v) is 5.65. The summed E-state index contributed by atoms with van der Waals surface area (Å²) in [4.78, 5) is 2.41. The molecular weight excluding hydrogens is 286 g/mol. The van der Waals surface area contributed by atoms with E-state index in [-0.39, 0.29) is 0 Å². The van der Waals surface area contributed by atoms with Gasteiger partial charge in [-0.05, 0) is 51.8 Å². The molecule has 2 aliphatic rings. The number of hydrogen-bond acceptors (Lipinski definition) is 5. The number of nitrogens with zero attached hydrogens (tertiary/aromatic N) is 3. The Morgan fingerprint density at radius 3 is 2.52 bits per heavy atom. The molecule has 0 aromatic carbocycles. The summed E-state index contributed by atoms with van der Waals surface area (Å²) in [6.07, 6.45) is 7.41. The molecule has 0 radical (unpaired) electrons. The molecule has 2 N–H and O–H groups in total. The molecule has 2 aliphatic heterocycles. The van der Waals surface area contributed by atoms with Gasteiger partial charge in [-0.15, -0.1) is 0 Å². The summed E-state index contributed by atoms with van der Waals surface area (Å²) in [5, 5.41) is 11.9. The predicted octanol–water partition coefficient (Wildman–Crippen LogP) is 1.35. The Bertz CT molecular complexity index is 376. The van der Waals surface area contributed by atoms with Crippen molar-refractivity contribution < 1.29 is 0 Å². The van der Waals surface area contributed by atoms with Crippen LogP contribution in [0.2, 0.25) is 0 Å². The second kappa shape index (κ2) is 9.02. The first-order chi connectivity index (χ1) is 11.0. The van der Waals surface area contributed by atoms with Crippen molar-refractivity contribution in [3.05, 3.63) is 11.8 Å². The van der Waals surface area contributed by atoms with Gasteiger partial charge in [0.15, 0.2) is 0 Å². The maximum atomic E-state index is 3.53. The Morgan fingerprint density at radius 2 is 1.91 bits per heavy atom. The van der Waals surface area contributed by atoms with Gasteiger partial charge in [0.2, 0.25) is 0 Å². The van der Waals surface area contributed by atoms with Gasteiger partial charge in [0, 0.05) is 58.1 Å². The maximum Gasteiger partial charge on any atom is 0.0479 e. The topological polar surface area (TPSA) is 33.8 Å². The lowest BCUT2D eigenvalue weighted by molar-refractivity contribution is -0.0280. The molecule has 0 aromatic rings. The zero-order chi connectivity index (χ0) is 16.8. The van der Waals surface area contributed by atoms with Gasteiger partial charge in [0.25, 0.3) is 0 Å². The fourth-order valence-electron chi connectivity index (χ4n) is 3.72. The van der Waals surface area contributed by atoms with E-state index >= 15 is 0 Å². The van der Waals surface area contributed by atoms with Crippen LogP contribution in [-0.4, -0.2) is 81.4 Å². The molecule has 134 valence electrons. The van der Waals surface area contributed by atoms with Crippen LogP contribution in [0.15, 0.2) is 11.8 Å². The summed E-state index contributed by atoms with van der Waals surface area (Å²) in [5.74, 6) is 0.893. The summed E-state index contributed by atoms with van der Waals surface area (Å²) in [6.45, 7) is 7.04. The van der Waals surface area contributed by atoms with Crippen LogP contribution in [0.5, 0.6) is 0 Å². The fourth-order valence-corrected chi connectivity index (χ4v) is 3.72. The van der Waals surface area contributed by atoms with Gasteiger partial charge < -0.3 is 15.5 Å². The van der Waals surface area contributed by atoms with Gasteiger partial charge in [-0.2, -0.15) is 0 Å². The minimum atomic E-state index is 0.433. The number of hydrogen-bond donors (Lipinski definition) is 2. The molecule has 1 fully saturated rings. The van der Waals surface area contributed by atoms with Crippen LogP contribution in [0.4, 0.5) is 0 Å². The zero-order valence-corrected chi connectivity index (χ0v) is 15.8. The highest BCUT2D eigenvalue weighted by atomic mass is 15.6. The van der Waals surface area contributed by atoms with E-state index in [0.717, 1.165) is 25.4 Å². The van der Waals surface area contributed by atoms with Crippen LogP contribution >= 0.6 is 0 Å². The van der Waals surface area contributed by atoms with Crippen molar-refractivity contribution in [1.82, 2.24) is 25.6 Å². The van der Waals surface area contributed by atoms with Crippen LogP contribution in [-0.2, 0) is 0 Å². The second-order valence-corrected chi connectivity index (χ2v) is 7.34. The number of hydrazine groups is 1. The molecule has 0 spiro atoms. The van der Waals surface area contributed by atoms with Crippen molar-refractivity contribution in [3.63, 3.8) is 0 Å². The predicted molar refractivity (Wildman–Crippen MR) is 98.2 cm³/mol. The van der Waals surface area contributed by atoms with Gasteiger partial charge in [-0.1, -0.05) is 6.92 Å². The van der Waals surface area contributed by atoms with Crippen LogP contribution in [0, 0.1) is 5.92 Å². The highest BCUT2D eigenvalue weighted by molar-refractivity contribution is 5.16. The van der Waals surface area contributed by atoms with Gasteiger partial charge in [0.05, 0.1) is 0 Å². The molecule has 0 bridgehead atoms. The van der Waals surface area contributed by atoms with Crippen molar-refractivity contribution >= 4 is 0 Å². The van der Waals surface area contributed by atoms with Gasteiger partial charge >= 0.3 is 0 Å². The first kappa shape index (κ1) is 18.7. The van der Waals surface area contributed by atoms with Crippen LogP contribution in [0.1, 0.15) is 32.6 Å². The number of rotatable bonds is 7. The standard InChI is InChI=1S/C18H37N5/c1-15-6-12-23(13-7-15)22(5)11-9-17(20-3)18-14-16(19-2)8-10-21(18)4/h14-17,19-20H,6-13H2,1-5H3. The summed E-state index contributed by atoms with van der Waals surface area (Å²) >= 11 is 0. The molecule has 0 aliphatic carbocycles. The molecule has 2 atom stereocenters. The summed E-state index contributed by atoms with van der Waals surface area (Å²) in [6, 6.07) is 0.945. The Morgan fingerprint density at radius 1 is 1.22 bits per heavy atom. The molecule has 2 unspecified atom stereocenters. The molecule has 23 heavy (non-hydrogen) atoms. The van der Waals surface area contributed by atoms with E-state index in [1.165, 1.54) is 38.0 Å². The van der Waals surface area contributed by atoms with Crippen LogP contribution in [0.25, 0.3) is 0 Å². The number of nitrogens with one attached hydrogen (secondary N) is 2. The lowest BCUT2D eigenvalue weighted by atomic mass is 10.00. The fraction of sp³-hybridized carbons (Fsp3) is 0.889. The monoisotopic (exact) mass is 323 g/mol. The van der Waals surface area contributed by atoms with E-state index in [1.54, 1.807) is 0 Å². The second-order valence-electron chi connectivity index (χ2n) is 7.34. The number of likely N-dealkylation sites (N-methyl/N-ethyl adjacent to an activating group) is 3. The van der Waals surface area contributed by atoms with Gasteiger partial charge in [0.1, 0.15) is 0 Å². The van der Waals surface area contributed by atoms with Gasteiger partial charge in [-0.3, -0.25) is 0 Å². The van der Waals surface area contributed by atoms with Crippen LogP contribution in [0.3, 0.4) is 0 Å². The Labute approximate surface area is 143 Å². The van der Waals surface area contributed by atoms with E-state index in [1.807, 2.05) is 0 Å². The van der Waals surface area contributed by atoms with Crippen molar-refractivity contribution in [2.45, 2.75) is 44.7 Å². The quantitative estimate of drug-likeness (QED) is 0.739. The largest absolute Gasteiger partial charge is 0.377 e. The molecule has 0 saturated carbocycles. The molecule has 2 heterocycles. The molecule has 0 aromatic heterocycles. The van der Waals surface area contributed by atoms with Crippen LogP contribution < -0.4 is 10.6 Å². The summed E-state index contributed by atoms with van der Waals surface area (Å²) < 4.78 is 0. The lowest BCUT2D eigenvalue weighted by Gasteiger charge is -2.39. The molecule has 5 heteroatoms. The van der Waals surface area contributed by atoms with Crippen molar-refractivity contribution in [1.29, 1.82) is 0 Å². The highest BCUT2D eigenvalue weighted by Gasteiger charge is 2.24. The first-order valence-electron chi connectivity index (χ1n) is 9.28. The average molecular weight is 324 g/mol. The number of piperidine rings is 1. The first-order valence-corrected chi connectivity index (χ1v) is 9.28. The lowest BCUT2D eigenvalue weighted by Crippen LogP contribution is -2.47. The SMILES string of the molecule is CNC1C=C(C(CCN(C)N2CCC(C)CC2)NC)N(C)CC1. The van der Waals surface area contributed by atoms with Gasteiger partial charge in [-0.25, -0.2) is 10.0 Å². The average Bonchev–Trinajstić information content (AvgIpc) is 2.57. The Hall–Kier alpha value is -0.620.